The summed E-state index contributed by atoms with van der Waals surface area (Å²) in [6.07, 6.45) is 3.36. The van der Waals surface area contributed by atoms with Crippen LogP contribution in [0.3, 0.4) is 0 Å². The molecule has 0 spiro atoms. The fraction of sp³-hybridized carbons (Fsp3) is 0.846. The van der Waals surface area contributed by atoms with Crippen LogP contribution in [0.2, 0.25) is 0 Å². The van der Waals surface area contributed by atoms with E-state index in [1.165, 1.54) is 6.42 Å². The number of thioether (sulfide) groups is 1. The number of nitrogens with one attached hydrogen (secondary N) is 2. The van der Waals surface area contributed by atoms with Gasteiger partial charge in [0.05, 0.1) is 6.04 Å². The Hall–Kier alpha value is -0.750. The number of amides is 2. The van der Waals surface area contributed by atoms with E-state index in [9.17, 15) is 9.59 Å². The second-order valence-electron chi connectivity index (χ2n) is 5.20. The normalized spacial score (nSPS) is 25.7. The summed E-state index contributed by atoms with van der Waals surface area (Å²) in [4.78, 5) is 26.1. The van der Waals surface area contributed by atoms with Crippen LogP contribution in [0.4, 0.5) is 0 Å². The maximum Gasteiger partial charge on any atom is 0.244 e. The van der Waals surface area contributed by atoms with Crippen LogP contribution in [-0.4, -0.2) is 59.9 Å². The monoisotopic (exact) mass is 285 g/mol. The van der Waals surface area contributed by atoms with Crippen molar-refractivity contribution in [1.82, 2.24) is 15.5 Å². The molecule has 2 rings (SSSR count). The summed E-state index contributed by atoms with van der Waals surface area (Å²) < 4.78 is 0. The quantitative estimate of drug-likeness (QED) is 0.778. The highest BCUT2D eigenvalue weighted by atomic mass is 32.2. The highest BCUT2D eigenvalue weighted by molar-refractivity contribution is 7.99. The Morgan fingerprint density at radius 3 is 2.68 bits per heavy atom. The van der Waals surface area contributed by atoms with Crippen LogP contribution in [0, 0.1) is 0 Å². The summed E-state index contributed by atoms with van der Waals surface area (Å²) in [6.45, 7) is 4.30. The van der Waals surface area contributed by atoms with Crippen LogP contribution in [0.15, 0.2) is 0 Å². The average molecular weight is 285 g/mol. The van der Waals surface area contributed by atoms with E-state index in [0.29, 0.717) is 0 Å². The maximum atomic E-state index is 12.2. The van der Waals surface area contributed by atoms with Gasteiger partial charge in [0.25, 0.3) is 0 Å². The molecule has 2 fully saturated rings. The van der Waals surface area contributed by atoms with Crippen LogP contribution in [0.5, 0.6) is 0 Å². The van der Waals surface area contributed by atoms with E-state index in [2.05, 4.69) is 10.6 Å². The van der Waals surface area contributed by atoms with E-state index in [1.807, 2.05) is 4.90 Å². The second-order valence-corrected chi connectivity index (χ2v) is 6.35. The molecule has 0 saturated carbocycles. The minimum atomic E-state index is -0.417. The molecule has 2 atom stereocenters. The molecule has 0 aliphatic carbocycles. The summed E-state index contributed by atoms with van der Waals surface area (Å²) in [5.41, 5.74) is 0. The van der Waals surface area contributed by atoms with Crippen molar-refractivity contribution >= 4 is 23.6 Å². The molecule has 0 aromatic carbocycles. The van der Waals surface area contributed by atoms with Crippen molar-refractivity contribution in [2.45, 2.75) is 38.3 Å². The lowest BCUT2D eigenvalue weighted by molar-refractivity contribution is -0.137. The van der Waals surface area contributed by atoms with E-state index in [0.717, 1.165) is 44.0 Å². The molecule has 0 radical (unpaired) electrons. The summed E-state index contributed by atoms with van der Waals surface area (Å²) in [7, 11) is 0. The van der Waals surface area contributed by atoms with Crippen molar-refractivity contribution in [2.24, 2.45) is 0 Å². The van der Waals surface area contributed by atoms with Gasteiger partial charge in [-0.2, -0.15) is 11.8 Å². The zero-order valence-electron chi connectivity index (χ0n) is 11.5. The molecule has 2 aliphatic rings. The third-order valence-corrected chi connectivity index (χ3v) is 4.70. The minimum absolute atomic E-state index is 0.0509. The first-order valence-electron chi connectivity index (χ1n) is 7.09. The van der Waals surface area contributed by atoms with Crippen molar-refractivity contribution in [3.05, 3.63) is 0 Å². The van der Waals surface area contributed by atoms with Gasteiger partial charge in [-0.25, -0.2) is 0 Å². The summed E-state index contributed by atoms with van der Waals surface area (Å²) in [6, 6.07) is -0.574. The molecule has 0 aromatic rings. The van der Waals surface area contributed by atoms with Crippen molar-refractivity contribution in [3.8, 4) is 0 Å². The first kappa shape index (κ1) is 14.7. The van der Waals surface area contributed by atoms with Crippen molar-refractivity contribution in [3.63, 3.8) is 0 Å². The van der Waals surface area contributed by atoms with Crippen LogP contribution < -0.4 is 10.6 Å². The van der Waals surface area contributed by atoms with Crippen LogP contribution in [0.1, 0.15) is 26.2 Å². The van der Waals surface area contributed by atoms with Gasteiger partial charge >= 0.3 is 0 Å². The Kier molecular flexibility index (Phi) is 5.51. The topological polar surface area (TPSA) is 61.4 Å². The molecular weight excluding hydrogens is 262 g/mol. The Morgan fingerprint density at radius 1 is 1.32 bits per heavy atom. The number of likely N-dealkylation sites (tertiary alicyclic amines) is 1. The average Bonchev–Trinajstić information content (AvgIpc) is 2.48. The molecule has 5 nitrogen and oxygen atoms in total. The van der Waals surface area contributed by atoms with Gasteiger partial charge in [-0.1, -0.05) is 0 Å². The molecular formula is C13H23N3O2S. The van der Waals surface area contributed by atoms with E-state index >= 15 is 0 Å². The number of hydrogen-bond donors (Lipinski definition) is 2. The molecule has 0 aromatic heterocycles. The molecule has 0 bridgehead atoms. The third-order valence-electron chi connectivity index (χ3n) is 3.64. The zero-order chi connectivity index (χ0) is 13.7. The lowest BCUT2D eigenvalue weighted by Gasteiger charge is -2.30. The summed E-state index contributed by atoms with van der Waals surface area (Å²) >= 11 is 1.78. The Balaban J connectivity index is 1.80. The van der Waals surface area contributed by atoms with Crippen LogP contribution in [-0.2, 0) is 9.59 Å². The number of carbonyl (C=O) groups excluding carboxylic acids is 2. The standard InChI is InChI=1S/C13H23N3O2S/c1-10(13(18)16-6-3-2-4-7-16)15-12(17)11-9-19-8-5-14-11/h10-11,14H,2-9H2,1H3,(H,15,17). The smallest absolute Gasteiger partial charge is 0.244 e. The molecule has 2 N–H and O–H groups in total. The molecule has 2 unspecified atom stereocenters. The lowest BCUT2D eigenvalue weighted by Crippen LogP contribution is -2.55. The number of rotatable bonds is 3. The Morgan fingerprint density at radius 2 is 2.05 bits per heavy atom. The van der Waals surface area contributed by atoms with Gasteiger partial charge in [0.1, 0.15) is 6.04 Å². The lowest BCUT2D eigenvalue weighted by atomic mass is 10.1. The van der Waals surface area contributed by atoms with Gasteiger partial charge in [0.2, 0.25) is 11.8 Å². The van der Waals surface area contributed by atoms with Crippen molar-refractivity contribution < 1.29 is 9.59 Å². The first-order valence-corrected chi connectivity index (χ1v) is 8.24. The van der Waals surface area contributed by atoms with Gasteiger partial charge in [0, 0.05) is 31.1 Å². The Bertz CT molecular complexity index is 326. The highest BCUT2D eigenvalue weighted by Gasteiger charge is 2.27. The number of nitrogens with zero attached hydrogens (tertiary/aromatic N) is 1. The van der Waals surface area contributed by atoms with Gasteiger partial charge in [-0.15, -0.1) is 0 Å². The molecule has 2 aliphatic heterocycles. The minimum Gasteiger partial charge on any atom is -0.343 e. The molecule has 2 saturated heterocycles. The zero-order valence-corrected chi connectivity index (χ0v) is 12.3. The molecule has 6 heteroatoms. The van der Waals surface area contributed by atoms with Gasteiger partial charge < -0.3 is 15.5 Å². The highest BCUT2D eigenvalue weighted by Crippen LogP contribution is 2.11. The predicted octanol–water partition coefficient (Wildman–Crippen LogP) is 0.209. The van der Waals surface area contributed by atoms with Crippen molar-refractivity contribution in [2.75, 3.05) is 31.1 Å². The molecule has 19 heavy (non-hydrogen) atoms. The van der Waals surface area contributed by atoms with E-state index in [1.54, 1.807) is 18.7 Å². The SMILES string of the molecule is CC(NC(=O)C1CSCCN1)C(=O)N1CCCCC1. The fourth-order valence-electron chi connectivity index (χ4n) is 2.50. The summed E-state index contributed by atoms with van der Waals surface area (Å²) in [5.74, 6) is 1.84. The first-order chi connectivity index (χ1) is 9.18. The van der Waals surface area contributed by atoms with Gasteiger partial charge in [-0.3, -0.25) is 9.59 Å². The number of hydrogen-bond acceptors (Lipinski definition) is 4. The Labute approximate surface area is 118 Å². The van der Waals surface area contributed by atoms with E-state index in [-0.39, 0.29) is 17.9 Å². The van der Waals surface area contributed by atoms with Gasteiger partial charge in [-0.05, 0) is 26.2 Å². The third kappa shape index (κ3) is 4.11. The molecule has 108 valence electrons. The second kappa shape index (κ2) is 7.14. The number of piperidine rings is 1. The predicted molar refractivity (Wildman–Crippen MR) is 77.2 cm³/mol. The fourth-order valence-corrected chi connectivity index (χ4v) is 3.43. The van der Waals surface area contributed by atoms with E-state index in [4.69, 9.17) is 0 Å². The summed E-state index contributed by atoms with van der Waals surface area (Å²) in [5, 5.41) is 6.03. The van der Waals surface area contributed by atoms with Crippen molar-refractivity contribution in [1.29, 1.82) is 0 Å². The molecule has 2 amide bonds. The van der Waals surface area contributed by atoms with Crippen LogP contribution >= 0.6 is 11.8 Å². The largest absolute Gasteiger partial charge is 0.343 e. The van der Waals surface area contributed by atoms with E-state index < -0.39 is 6.04 Å². The molecule has 2 heterocycles. The maximum absolute atomic E-state index is 12.2. The van der Waals surface area contributed by atoms with Gasteiger partial charge in [0.15, 0.2) is 0 Å². The number of carbonyl (C=O) groups is 2. The van der Waals surface area contributed by atoms with Crippen LogP contribution in [0.25, 0.3) is 0 Å².